The Balaban J connectivity index is 2.46. The van der Waals surface area contributed by atoms with Gasteiger partial charge in [0.15, 0.2) is 5.96 Å². The minimum absolute atomic E-state index is 0.327. The molecular formula is C9H14BrN3S. The Kier molecular flexibility index (Phi) is 4.41. The molecule has 1 aromatic heterocycles. The second kappa shape index (κ2) is 5.36. The van der Waals surface area contributed by atoms with Crippen LogP contribution >= 0.6 is 27.3 Å². The maximum atomic E-state index is 5.66. The van der Waals surface area contributed by atoms with Gasteiger partial charge in [0.1, 0.15) is 0 Å². The van der Waals surface area contributed by atoms with Crippen molar-refractivity contribution in [3.05, 3.63) is 20.8 Å². The van der Waals surface area contributed by atoms with Crippen molar-refractivity contribution in [2.45, 2.75) is 26.4 Å². The second-order valence-corrected chi connectivity index (χ2v) is 5.55. The van der Waals surface area contributed by atoms with Crippen molar-refractivity contribution in [1.29, 1.82) is 0 Å². The van der Waals surface area contributed by atoms with Crippen LogP contribution in [0, 0.1) is 0 Å². The molecule has 14 heavy (non-hydrogen) atoms. The summed E-state index contributed by atoms with van der Waals surface area (Å²) in [5.41, 5.74) is 6.84. The van der Waals surface area contributed by atoms with Gasteiger partial charge in [0.05, 0.1) is 10.3 Å². The smallest absolute Gasteiger partial charge is 0.189 e. The van der Waals surface area contributed by atoms with Gasteiger partial charge in [-0.1, -0.05) is 0 Å². The number of thiophene rings is 1. The minimum Gasteiger partial charge on any atom is -0.370 e. The zero-order valence-corrected chi connectivity index (χ0v) is 10.7. The van der Waals surface area contributed by atoms with E-state index in [4.69, 9.17) is 5.73 Å². The van der Waals surface area contributed by atoms with Crippen molar-refractivity contribution in [2.24, 2.45) is 10.7 Å². The summed E-state index contributed by atoms with van der Waals surface area (Å²) in [6.45, 7) is 4.70. The van der Waals surface area contributed by atoms with Crippen LogP contribution in [-0.4, -0.2) is 12.0 Å². The highest BCUT2D eigenvalue weighted by atomic mass is 79.9. The molecule has 0 bridgehead atoms. The number of nitrogens with one attached hydrogen (secondary N) is 1. The summed E-state index contributed by atoms with van der Waals surface area (Å²) in [5, 5.41) is 5.10. The third-order valence-corrected chi connectivity index (χ3v) is 3.04. The molecule has 1 rings (SSSR count). The number of guanidine groups is 1. The van der Waals surface area contributed by atoms with E-state index in [2.05, 4.69) is 37.7 Å². The Morgan fingerprint density at radius 2 is 2.43 bits per heavy atom. The van der Waals surface area contributed by atoms with Gasteiger partial charge < -0.3 is 11.1 Å². The van der Waals surface area contributed by atoms with Crippen LogP contribution in [0.1, 0.15) is 19.4 Å². The van der Waals surface area contributed by atoms with E-state index in [-0.39, 0.29) is 0 Å². The van der Waals surface area contributed by atoms with E-state index in [9.17, 15) is 0 Å². The molecule has 1 aromatic rings. The molecule has 5 heteroatoms. The van der Waals surface area contributed by atoms with Crippen LogP contribution in [0.4, 0.5) is 0 Å². The Morgan fingerprint density at radius 3 is 2.93 bits per heavy atom. The summed E-state index contributed by atoms with van der Waals surface area (Å²) in [4.78, 5) is 4.22. The van der Waals surface area contributed by atoms with Crippen LogP contribution in [0.2, 0.25) is 0 Å². The summed E-state index contributed by atoms with van der Waals surface area (Å²) < 4.78 is 1.12. The zero-order chi connectivity index (χ0) is 10.6. The molecule has 0 aromatic carbocycles. The normalized spacial score (nSPS) is 12.1. The summed E-state index contributed by atoms with van der Waals surface area (Å²) in [6.07, 6.45) is 0. The lowest BCUT2D eigenvalue weighted by Crippen LogP contribution is -2.36. The maximum absolute atomic E-state index is 5.66. The third kappa shape index (κ3) is 4.11. The average molecular weight is 276 g/mol. The van der Waals surface area contributed by atoms with Crippen molar-refractivity contribution in [3.63, 3.8) is 0 Å². The van der Waals surface area contributed by atoms with E-state index in [1.54, 1.807) is 11.3 Å². The molecule has 78 valence electrons. The van der Waals surface area contributed by atoms with Gasteiger partial charge in [0.2, 0.25) is 0 Å². The number of hydrogen-bond donors (Lipinski definition) is 2. The lowest BCUT2D eigenvalue weighted by molar-refractivity contribution is 0.723. The minimum atomic E-state index is 0.327. The molecule has 3 N–H and O–H groups in total. The van der Waals surface area contributed by atoms with Crippen LogP contribution < -0.4 is 11.1 Å². The van der Waals surface area contributed by atoms with Gasteiger partial charge in [0, 0.05) is 6.04 Å². The number of rotatable bonds is 3. The molecule has 0 aliphatic carbocycles. The van der Waals surface area contributed by atoms with Gasteiger partial charge in [-0.15, -0.1) is 11.3 Å². The number of halogens is 1. The summed E-state index contributed by atoms with van der Waals surface area (Å²) >= 11 is 5.06. The van der Waals surface area contributed by atoms with Crippen molar-refractivity contribution in [2.75, 3.05) is 0 Å². The van der Waals surface area contributed by atoms with E-state index in [1.807, 2.05) is 13.8 Å². The molecule has 3 nitrogen and oxygen atoms in total. The van der Waals surface area contributed by atoms with Crippen LogP contribution in [0.25, 0.3) is 0 Å². The first-order chi connectivity index (χ1) is 6.58. The van der Waals surface area contributed by atoms with Crippen LogP contribution in [0.15, 0.2) is 20.2 Å². The van der Waals surface area contributed by atoms with Crippen molar-refractivity contribution >= 4 is 33.2 Å². The lowest BCUT2D eigenvalue weighted by Gasteiger charge is -2.07. The van der Waals surface area contributed by atoms with Crippen molar-refractivity contribution in [3.8, 4) is 0 Å². The Hall–Kier alpha value is -0.550. The summed E-state index contributed by atoms with van der Waals surface area (Å²) in [6, 6.07) is 2.38. The molecule has 0 radical (unpaired) electrons. The van der Waals surface area contributed by atoms with Gasteiger partial charge in [-0.25, -0.2) is 4.99 Å². The van der Waals surface area contributed by atoms with E-state index in [0.29, 0.717) is 18.5 Å². The predicted octanol–water partition coefficient (Wildman–Crippen LogP) is 2.32. The molecule has 0 saturated carbocycles. The Morgan fingerprint density at radius 1 is 1.71 bits per heavy atom. The van der Waals surface area contributed by atoms with E-state index in [1.165, 1.54) is 5.56 Å². The summed E-state index contributed by atoms with van der Waals surface area (Å²) in [7, 11) is 0. The molecule has 0 unspecified atom stereocenters. The Labute approximate surface area is 96.5 Å². The predicted molar refractivity (Wildman–Crippen MR) is 65.6 cm³/mol. The molecule has 0 aliphatic rings. The molecule has 0 fully saturated rings. The zero-order valence-electron chi connectivity index (χ0n) is 8.25. The largest absolute Gasteiger partial charge is 0.370 e. The molecule has 1 heterocycles. The Bertz CT molecular complexity index is 320. The number of nitrogens with zero attached hydrogens (tertiary/aromatic N) is 1. The fraction of sp³-hybridized carbons (Fsp3) is 0.444. The van der Waals surface area contributed by atoms with Gasteiger partial charge in [-0.3, -0.25) is 0 Å². The fourth-order valence-corrected chi connectivity index (χ4v) is 2.15. The summed E-state index contributed by atoms with van der Waals surface area (Å²) in [5.74, 6) is 0.502. The van der Waals surface area contributed by atoms with Crippen molar-refractivity contribution < 1.29 is 0 Å². The quantitative estimate of drug-likeness (QED) is 0.657. The molecule has 0 amide bonds. The first kappa shape index (κ1) is 11.5. The first-order valence-electron chi connectivity index (χ1n) is 4.37. The highest BCUT2D eigenvalue weighted by molar-refractivity contribution is 9.11. The van der Waals surface area contributed by atoms with Gasteiger partial charge >= 0.3 is 0 Å². The fourth-order valence-electron chi connectivity index (χ4n) is 0.947. The number of hydrogen-bond acceptors (Lipinski definition) is 2. The van der Waals surface area contributed by atoms with E-state index >= 15 is 0 Å². The third-order valence-electron chi connectivity index (χ3n) is 1.49. The molecule has 0 saturated heterocycles. The number of nitrogens with two attached hydrogens (primary N) is 1. The second-order valence-electron chi connectivity index (χ2n) is 3.26. The number of aliphatic imine (C=N–C) groups is 1. The van der Waals surface area contributed by atoms with E-state index in [0.717, 1.165) is 3.79 Å². The highest BCUT2D eigenvalue weighted by Gasteiger charge is 1.97. The molecule has 0 spiro atoms. The monoisotopic (exact) mass is 275 g/mol. The highest BCUT2D eigenvalue weighted by Crippen LogP contribution is 2.20. The SMILES string of the molecule is CC(C)NC(N)=NCc1csc(Br)c1. The molecule has 0 aliphatic heterocycles. The van der Waals surface area contributed by atoms with Gasteiger partial charge in [-0.2, -0.15) is 0 Å². The van der Waals surface area contributed by atoms with Crippen LogP contribution in [0.3, 0.4) is 0 Å². The van der Waals surface area contributed by atoms with E-state index < -0.39 is 0 Å². The van der Waals surface area contributed by atoms with Crippen molar-refractivity contribution in [1.82, 2.24) is 5.32 Å². The standard InChI is InChI=1S/C9H14BrN3S/c1-6(2)13-9(11)12-4-7-3-8(10)14-5-7/h3,5-6H,4H2,1-2H3,(H3,11,12,13). The topological polar surface area (TPSA) is 50.4 Å². The van der Waals surface area contributed by atoms with Gasteiger partial charge in [0.25, 0.3) is 0 Å². The maximum Gasteiger partial charge on any atom is 0.189 e. The molecule has 0 atom stereocenters. The molecular weight excluding hydrogens is 262 g/mol. The lowest BCUT2D eigenvalue weighted by atomic mass is 10.3. The first-order valence-corrected chi connectivity index (χ1v) is 6.04. The van der Waals surface area contributed by atoms with Crippen LogP contribution in [0.5, 0.6) is 0 Å². The van der Waals surface area contributed by atoms with Gasteiger partial charge in [-0.05, 0) is 46.8 Å². The van der Waals surface area contributed by atoms with Crippen LogP contribution in [-0.2, 0) is 6.54 Å². The average Bonchev–Trinajstić information content (AvgIpc) is 2.47.